The number of pyridine rings is 1. The first kappa shape index (κ1) is 16.2. The highest BCUT2D eigenvalue weighted by molar-refractivity contribution is 7.89. The minimum Gasteiger partial charge on any atom is -0.368 e. The Kier molecular flexibility index (Phi) is 6.03. The van der Waals surface area contributed by atoms with Crippen molar-refractivity contribution in [2.75, 3.05) is 25.3 Å². The normalized spacial score (nSPS) is 13.5. The Morgan fingerprint density at radius 1 is 1.42 bits per heavy atom. The van der Waals surface area contributed by atoms with E-state index in [0.717, 1.165) is 12.8 Å². The van der Waals surface area contributed by atoms with Crippen LogP contribution in [0.1, 0.15) is 19.8 Å². The highest BCUT2D eigenvalue weighted by Gasteiger charge is 2.17. The summed E-state index contributed by atoms with van der Waals surface area (Å²) in [7, 11) is -0.419. The molecule has 0 aromatic carbocycles. The van der Waals surface area contributed by atoms with Crippen LogP contribution in [0, 0.1) is 0 Å². The highest BCUT2D eigenvalue weighted by Crippen LogP contribution is 2.15. The molecule has 0 radical (unpaired) electrons. The monoisotopic (exact) mass is 305 g/mol. The number of nitrogens with zero attached hydrogens (tertiary/aromatic N) is 2. The maximum absolute atomic E-state index is 11.9. The van der Waals surface area contributed by atoms with Crippen LogP contribution in [0.5, 0.6) is 0 Å². The molecule has 19 heavy (non-hydrogen) atoms. The molecule has 7 heteroatoms. The number of hydrogen-bond acceptors (Lipinski definition) is 4. The van der Waals surface area contributed by atoms with Crippen LogP contribution in [0.15, 0.2) is 23.2 Å². The van der Waals surface area contributed by atoms with E-state index in [1.54, 1.807) is 12.1 Å². The standard InChI is InChI=1S/C12H20ClN3O2S/c1-10(5-4-8-13)15-12-7-6-11(9-14-12)19(17,18)16(2)3/h6-7,9-10H,4-5,8H2,1-3H3,(H,14,15). The lowest BCUT2D eigenvalue weighted by Crippen LogP contribution is -2.22. The van der Waals surface area contributed by atoms with Gasteiger partial charge in [-0.2, -0.15) is 0 Å². The largest absolute Gasteiger partial charge is 0.368 e. The summed E-state index contributed by atoms with van der Waals surface area (Å²) < 4.78 is 24.9. The fourth-order valence-electron chi connectivity index (χ4n) is 1.54. The number of anilines is 1. The van der Waals surface area contributed by atoms with Crippen molar-refractivity contribution < 1.29 is 8.42 Å². The van der Waals surface area contributed by atoms with Gasteiger partial charge in [-0.3, -0.25) is 0 Å². The third-order valence-electron chi connectivity index (χ3n) is 2.68. The third-order valence-corrected chi connectivity index (χ3v) is 4.75. The number of alkyl halides is 1. The Balaban J connectivity index is 2.72. The van der Waals surface area contributed by atoms with E-state index in [1.807, 2.05) is 6.92 Å². The van der Waals surface area contributed by atoms with Gasteiger partial charge in [0.25, 0.3) is 0 Å². The zero-order chi connectivity index (χ0) is 14.5. The van der Waals surface area contributed by atoms with E-state index >= 15 is 0 Å². The van der Waals surface area contributed by atoms with E-state index in [4.69, 9.17) is 11.6 Å². The summed E-state index contributed by atoms with van der Waals surface area (Å²) in [6.07, 6.45) is 3.25. The van der Waals surface area contributed by atoms with Gasteiger partial charge in [0, 0.05) is 32.2 Å². The van der Waals surface area contributed by atoms with Gasteiger partial charge in [0.2, 0.25) is 10.0 Å². The molecule has 1 aromatic rings. The molecule has 0 amide bonds. The van der Waals surface area contributed by atoms with E-state index in [9.17, 15) is 8.42 Å². The van der Waals surface area contributed by atoms with Gasteiger partial charge in [-0.1, -0.05) is 0 Å². The van der Waals surface area contributed by atoms with E-state index in [0.29, 0.717) is 11.7 Å². The molecule has 0 aliphatic heterocycles. The number of halogens is 1. The van der Waals surface area contributed by atoms with Gasteiger partial charge in [0.05, 0.1) is 0 Å². The molecule has 108 valence electrons. The Morgan fingerprint density at radius 2 is 2.11 bits per heavy atom. The third kappa shape index (κ3) is 4.63. The number of aromatic nitrogens is 1. The molecule has 1 N–H and O–H groups in total. The van der Waals surface area contributed by atoms with Crippen molar-refractivity contribution in [1.82, 2.24) is 9.29 Å². The van der Waals surface area contributed by atoms with Gasteiger partial charge in [0.15, 0.2) is 0 Å². The van der Waals surface area contributed by atoms with Gasteiger partial charge in [-0.05, 0) is 31.9 Å². The lowest BCUT2D eigenvalue weighted by atomic mass is 10.2. The first-order valence-electron chi connectivity index (χ1n) is 6.09. The van der Waals surface area contributed by atoms with Crippen LogP contribution in [0.25, 0.3) is 0 Å². The van der Waals surface area contributed by atoms with Crippen molar-refractivity contribution >= 4 is 27.4 Å². The molecule has 1 atom stereocenters. The maximum atomic E-state index is 11.9. The van der Waals surface area contributed by atoms with Crippen LogP contribution in [-0.4, -0.2) is 43.7 Å². The van der Waals surface area contributed by atoms with Crippen LogP contribution >= 0.6 is 11.6 Å². The van der Waals surface area contributed by atoms with E-state index in [-0.39, 0.29) is 10.9 Å². The summed E-state index contributed by atoms with van der Waals surface area (Å²) >= 11 is 5.63. The van der Waals surface area contributed by atoms with Crippen molar-refractivity contribution in [1.29, 1.82) is 0 Å². The molecule has 0 spiro atoms. The SMILES string of the molecule is CC(CCCCl)Nc1ccc(S(=O)(=O)N(C)C)cn1. The molecule has 1 rings (SSSR count). The number of hydrogen-bond donors (Lipinski definition) is 1. The number of sulfonamides is 1. The first-order valence-corrected chi connectivity index (χ1v) is 8.06. The predicted octanol–water partition coefficient (Wildman–Crippen LogP) is 2.15. The van der Waals surface area contributed by atoms with Crippen molar-refractivity contribution in [3.8, 4) is 0 Å². The molecule has 1 heterocycles. The molecule has 1 unspecified atom stereocenters. The van der Waals surface area contributed by atoms with E-state index < -0.39 is 10.0 Å². The van der Waals surface area contributed by atoms with Crippen LogP contribution in [-0.2, 0) is 10.0 Å². The van der Waals surface area contributed by atoms with Gasteiger partial charge in [0.1, 0.15) is 10.7 Å². The second kappa shape index (κ2) is 7.07. The summed E-state index contributed by atoms with van der Waals surface area (Å²) in [5, 5.41) is 3.21. The summed E-state index contributed by atoms with van der Waals surface area (Å²) in [5.74, 6) is 1.30. The Labute approximate surface area is 120 Å². The van der Waals surface area contributed by atoms with E-state index in [1.165, 1.54) is 24.6 Å². The lowest BCUT2D eigenvalue weighted by Gasteiger charge is -2.15. The maximum Gasteiger partial charge on any atom is 0.244 e. The minimum absolute atomic E-state index is 0.191. The molecule has 0 bridgehead atoms. The molecule has 0 aliphatic carbocycles. The highest BCUT2D eigenvalue weighted by atomic mass is 35.5. The minimum atomic E-state index is -3.41. The second-order valence-electron chi connectivity index (χ2n) is 4.54. The van der Waals surface area contributed by atoms with Crippen molar-refractivity contribution in [3.05, 3.63) is 18.3 Å². The molecular formula is C12H20ClN3O2S. The predicted molar refractivity (Wildman–Crippen MR) is 78.1 cm³/mol. The average molecular weight is 306 g/mol. The molecule has 1 aromatic heterocycles. The fraction of sp³-hybridized carbons (Fsp3) is 0.583. The summed E-state index contributed by atoms with van der Waals surface area (Å²) in [6, 6.07) is 3.48. The molecular weight excluding hydrogens is 286 g/mol. The number of rotatable bonds is 7. The molecule has 0 aliphatic rings. The molecule has 0 fully saturated rings. The Hall–Kier alpha value is -0.850. The molecule has 0 saturated carbocycles. The zero-order valence-electron chi connectivity index (χ0n) is 11.4. The van der Waals surface area contributed by atoms with Crippen LogP contribution < -0.4 is 5.32 Å². The lowest BCUT2D eigenvalue weighted by molar-refractivity contribution is 0.520. The topological polar surface area (TPSA) is 62.3 Å². The Morgan fingerprint density at radius 3 is 2.58 bits per heavy atom. The van der Waals surface area contributed by atoms with Gasteiger partial charge in [-0.15, -0.1) is 11.6 Å². The summed E-state index contributed by atoms with van der Waals surface area (Å²) in [6.45, 7) is 2.04. The van der Waals surface area contributed by atoms with Gasteiger partial charge in [-0.25, -0.2) is 17.7 Å². The van der Waals surface area contributed by atoms with Crippen LogP contribution in [0.4, 0.5) is 5.82 Å². The Bertz CT molecular complexity index is 488. The van der Waals surface area contributed by atoms with Crippen molar-refractivity contribution in [2.45, 2.75) is 30.7 Å². The second-order valence-corrected chi connectivity index (χ2v) is 7.07. The van der Waals surface area contributed by atoms with Gasteiger partial charge >= 0.3 is 0 Å². The summed E-state index contributed by atoms with van der Waals surface area (Å²) in [4.78, 5) is 4.32. The van der Waals surface area contributed by atoms with E-state index in [2.05, 4.69) is 10.3 Å². The summed E-state index contributed by atoms with van der Waals surface area (Å²) in [5.41, 5.74) is 0. The molecule has 0 saturated heterocycles. The van der Waals surface area contributed by atoms with Gasteiger partial charge < -0.3 is 5.32 Å². The average Bonchev–Trinajstić information content (AvgIpc) is 2.36. The zero-order valence-corrected chi connectivity index (χ0v) is 13.0. The van der Waals surface area contributed by atoms with Crippen LogP contribution in [0.3, 0.4) is 0 Å². The van der Waals surface area contributed by atoms with Crippen molar-refractivity contribution in [2.24, 2.45) is 0 Å². The smallest absolute Gasteiger partial charge is 0.244 e. The van der Waals surface area contributed by atoms with Crippen LogP contribution in [0.2, 0.25) is 0 Å². The number of nitrogens with one attached hydrogen (secondary N) is 1. The van der Waals surface area contributed by atoms with Crippen molar-refractivity contribution in [3.63, 3.8) is 0 Å². The fourth-order valence-corrected chi connectivity index (χ4v) is 2.54. The molecule has 5 nitrogen and oxygen atoms in total. The first-order chi connectivity index (χ1) is 8.87. The quantitative estimate of drug-likeness (QED) is 0.784.